The molecule has 0 atom stereocenters. The molecule has 5 nitrogen and oxygen atoms in total. The highest BCUT2D eigenvalue weighted by Gasteiger charge is 2.09. The van der Waals surface area contributed by atoms with Crippen molar-refractivity contribution < 1.29 is 9.53 Å². The van der Waals surface area contributed by atoms with Crippen molar-refractivity contribution in [2.24, 2.45) is 0 Å². The molecule has 0 fully saturated rings. The van der Waals surface area contributed by atoms with Gasteiger partial charge in [0.2, 0.25) is 5.91 Å². The Kier molecular flexibility index (Phi) is 6.41. The summed E-state index contributed by atoms with van der Waals surface area (Å²) < 4.78 is 5.09. The molecule has 0 aliphatic rings. The van der Waals surface area contributed by atoms with Gasteiger partial charge in [-0.3, -0.25) is 9.69 Å². The van der Waals surface area contributed by atoms with Crippen LogP contribution < -0.4 is 10.1 Å². The lowest BCUT2D eigenvalue weighted by Crippen LogP contribution is -2.34. The van der Waals surface area contributed by atoms with Gasteiger partial charge in [0.1, 0.15) is 5.75 Å². The fraction of sp³-hybridized carbons (Fsp3) is 0.429. The van der Waals surface area contributed by atoms with Crippen LogP contribution in [0.1, 0.15) is 13.3 Å². The van der Waals surface area contributed by atoms with E-state index >= 15 is 0 Å². The van der Waals surface area contributed by atoms with Gasteiger partial charge in [0.25, 0.3) is 0 Å². The summed E-state index contributed by atoms with van der Waals surface area (Å²) in [5, 5.41) is 11.5. The van der Waals surface area contributed by atoms with Gasteiger partial charge >= 0.3 is 0 Å². The molecule has 0 bridgehead atoms. The van der Waals surface area contributed by atoms with E-state index in [0.29, 0.717) is 11.4 Å². The lowest BCUT2D eigenvalue weighted by Gasteiger charge is -2.17. The molecule has 1 rings (SSSR count). The summed E-state index contributed by atoms with van der Waals surface area (Å²) >= 11 is 0. The van der Waals surface area contributed by atoms with Gasteiger partial charge in [-0.05, 0) is 25.1 Å². The smallest absolute Gasteiger partial charge is 0.238 e. The molecule has 1 aromatic rings. The molecular weight excluding hydrogens is 242 g/mol. The molecule has 0 aliphatic carbocycles. The van der Waals surface area contributed by atoms with E-state index in [1.807, 2.05) is 24.0 Å². The second-order valence-electron chi connectivity index (χ2n) is 4.15. The highest BCUT2D eigenvalue weighted by Crippen LogP contribution is 2.16. The average Bonchev–Trinajstić information content (AvgIpc) is 2.39. The molecule has 0 radical (unpaired) electrons. The fourth-order valence-corrected chi connectivity index (χ4v) is 1.73. The normalized spacial score (nSPS) is 10.0. The van der Waals surface area contributed by atoms with Crippen LogP contribution in [-0.2, 0) is 4.79 Å². The quantitative estimate of drug-likeness (QED) is 0.761. The number of nitrogens with zero attached hydrogens (tertiary/aromatic N) is 2. The maximum absolute atomic E-state index is 11.9. The molecule has 0 saturated heterocycles. The van der Waals surface area contributed by atoms with Crippen LogP contribution in [0.15, 0.2) is 24.3 Å². The third-order valence-corrected chi connectivity index (χ3v) is 2.55. The van der Waals surface area contributed by atoms with Gasteiger partial charge in [0.15, 0.2) is 0 Å². The van der Waals surface area contributed by atoms with Gasteiger partial charge in [-0.1, -0.05) is 13.0 Å². The standard InChI is InChI=1S/C14H19N3O2/c1-3-8-17(9-7-15)11-14(18)16-12-5-4-6-13(10-12)19-2/h4-6,10H,3,8-9,11H2,1-2H3,(H,16,18). The van der Waals surface area contributed by atoms with E-state index in [9.17, 15) is 4.79 Å². The Balaban J connectivity index is 2.55. The number of nitrogens with one attached hydrogen (secondary N) is 1. The van der Waals surface area contributed by atoms with Gasteiger partial charge in [-0.25, -0.2) is 0 Å². The van der Waals surface area contributed by atoms with Crippen LogP contribution in [0, 0.1) is 11.3 Å². The number of carbonyl (C=O) groups is 1. The maximum Gasteiger partial charge on any atom is 0.238 e. The van der Waals surface area contributed by atoms with E-state index in [0.717, 1.165) is 13.0 Å². The van der Waals surface area contributed by atoms with Crippen LogP contribution in [-0.4, -0.2) is 37.6 Å². The van der Waals surface area contributed by atoms with E-state index in [-0.39, 0.29) is 19.0 Å². The first kappa shape index (κ1) is 15.0. The van der Waals surface area contributed by atoms with Gasteiger partial charge in [-0.2, -0.15) is 5.26 Å². The Morgan fingerprint density at radius 1 is 1.53 bits per heavy atom. The monoisotopic (exact) mass is 261 g/mol. The van der Waals surface area contributed by atoms with E-state index in [4.69, 9.17) is 10.00 Å². The Morgan fingerprint density at radius 2 is 2.32 bits per heavy atom. The predicted molar refractivity (Wildman–Crippen MR) is 74.0 cm³/mol. The third kappa shape index (κ3) is 5.40. The minimum atomic E-state index is -0.128. The summed E-state index contributed by atoms with van der Waals surface area (Å²) in [5.41, 5.74) is 0.692. The molecular formula is C14H19N3O2. The zero-order valence-electron chi connectivity index (χ0n) is 11.3. The third-order valence-electron chi connectivity index (χ3n) is 2.55. The van der Waals surface area contributed by atoms with Crippen molar-refractivity contribution in [3.05, 3.63) is 24.3 Å². The van der Waals surface area contributed by atoms with Crippen LogP contribution in [0.5, 0.6) is 5.75 Å². The Labute approximate surface area is 113 Å². The number of amides is 1. The molecule has 102 valence electrons. The Bertz CT molecular complexity index is 454. The van der Waals surface area contributed by atoms with Crippen molar-refractivity contribution in [3.63, 3.8) is 0 Å². The number of anilines is 1. The predicted octanol–water partition coefficient (Wildman–Crippen LogP) is 1.87. The highest BCUT2D eigenvalue weighted by molar-refractivity contribution is 5.92. The molecule has 0 aliphatic heterocycles. The van der Waals surface area contributed by atoms with Crippen LogP contribution in [0.25, 0.3) is 0 Å². The van der Waals surface area contributed by atoms with E-state index in [1.54, 1.807) is 19.2 Å². The number of methoxy groups -OCH3 is 1. The zero-order chi connectivity index (χ0) is 14.1. The van der Waals surface area contributed by atoms with E-state index in [2.05, 4.69) is 11.4 Å². The highest BCUT2D eigenvalue weighted by atomic mass is 16.5. The summed E-state index contributed by atoms with van der Waals surface area (Å²) in [4.78, 5) is 13.7. The van der Waals surface area contributed by atoms with Crippen molar-refractivity contribution >= 4 is 11.6 Å². The van der Waals surface area contributed by atoms with E-state index < -0.39 is 0 Å². The Morgan fingerprint density at radius 3 is 2.95 bits per heavy atom. The number of nitriles is 1. The van der Waals surface area contributed by atoms with Crippen LogP contribution >= 0.6 is 0 Å². The molecule has 0 saturated carbocycles. The molecule has 1 aromatic carbocycles. The van der Waals surface area contributed by atoms with Gasteiger partial charge < -0.3 is 10.1 Å². The lowest BCUT2D eigenvalue weighted by molar-refractivity contribution is -0.117. The number of hydrogen-bond donors (Lipinski definition) is 1. The van der Waals surface area contributed by atoms with Crippen molar-refractivity contribution in [1.29, 1.82) is 5.26 Å². The summed E-state index contributed by atoms with van der Waals surface area (Å²) in [6.45, 7) is 3.24. The fourth-order valence-electron chi connectivity index (χ4n) is 1.73. The maximum atomic E-state index is 11.9. The lowest BCUT2D eigenvalue weighted by atomic mass is 10.3. The van der Waals surface area contributed by atoms with Crippen LogP contribution in [0.2, 0.25) is 0 Å². The summed E-state index contributed by atoms with van der Waals surface area (Å²) in [7, 11) is 1.58. The second-order valence-corrected chi connectivity index (χ2v) is 4.15. The molecule has 0 unspecified atom stereocenters. The minimum absolute atomic E-state index is 0.128. The van der Waals surface area contributed by atoms with Crippen molar-refractivity contribution in [1.82, 2.24) is 4.90 Å². The van der Waals surface area contributed by atoms with Crippen molar-refractivity contribution in [3.8, 4) is 11.8 Å². The largest absolute Gasteiger partial charge is 0.497 e. The topological polar surface area (TPSA) is 65.4 Å². The molecule has 19 heavy (non-hydrogen) atoms. The number of benzene rings is 1. The number of rotatable bonds is 7. The molecule has 1 N–H and O–H groups in total. The molecule has 0 heterocycles. The summed E-state index contributed by atoms with van der Waals surface area (Å²) in [6.07, 6.45) is 0.911. The number of hydrogen-bond acceptors (Lipinski definition) is 4. The summed E-state index contributed by atoms with van der Waals surface area (Å²) in [5.74, 6) is 0.567. The molecule has 0 spiro atoms. The SMILES string of the molecule is CCCN(CC#N)CC(=O)Nc1cccc(OC)c1. The number of carbonyl (C=O) groups excluding carboxylic acids is 1. The van der Waals surface area contributed by atoms with Crippen molar-refractivity contribution in [2.45, 2.75) is 13.3 Å². The zero-order valence-corrected chi connectivity index (χ0v) is 11.3. The second kappa shape index (κ2) is 8.11. The van der Waals surface area contributed by atoms with Crippen LogP contribution in [0.3, 0.4) is 0 Å². The van der Waals surface area contributed by atoms with Crippen molar-refractivity contribution in [2.75, 3.05) is 32.1 Å². The number of ether oxygens (including phenoxy) is 1. The van der Waals surface area contributed by atoms with Gasteiger partial charge in [0, 0.05) is 11.8 Å². The van der Waals surface area contributed by atoms with Crippen LogP contribution in [0.4, 0.5) is 5.69 Å². The van der Waals surface area contributed by atoms with Gasteiger partial charge in [0.05, 0.1) is 26.3 Å². The average molecular weight is 261 g/mol. The van der Waals surface area contributed by atoms with E-state index in [1.165, 1.54) is 0 Å². The molecule has 5 heteroatoms. The Hall–Kier alpha value is -2.06. The molecule has 1 amide bonds. The first-order chi connectivity index (χ1) is 9.19. The van der Waals surface area contributed by atoms with Gasteiger partial charge in [-0.15, -0.1) is 0 Å². The summed E-state index contributed by atoms with van der Waals surface area (Å²) in [6, 6.07) is 9.25. The first-order valence-electron chi connectivity index (χ1n) is 6.22. The first-order valence-corrected chi connectivity index (χ1v) is 6.22. The minimum Gasteiger partial charge on any atom is -0.497 e. The molecule has 0 aromatic heterocycles.